The molecule has 0 radical (unpaired) electrons. The fourth-order valence-electron chi connectivity index (χ4n) is 2.12. The van der Waals surface area contributed by atoms with E-state index in [9.17, 15) is 5.11 Å². The van der Waals surface area contributed by atoms with Crippen LogP contribution >= 0.6 is 0 Å². The van der Waals surface area contributed by atoms with E-state index in [-0.39, 0.29) is 6.10 Å². The molecule has 1 N–H and O–H groups in total. The van der Waals surface area contributed by atoms with Crippen LogP contribution in [0.25, 0.3) is 0 Å². The Bertz CT molecular complexity index is 476. The second kappa shape index (κ2) is 6.43. The van der Waals surface area contributed by atoms with Crippen molar-refractivity contribution in [1.82, 2.24) is 0 Å². The van der Waals surface area contributed by atoms with Crippen LogP contribution in [0, 0.1) is 0 Å². The Morgan fingerprint density at radius 2 is 1.89 bits per heavy atom. The average Bonchev–Trinajstić information content (AvgIpc) is 2.97. The van der Waals surface area contributed by atoms with Gasteiger partial charge in [-0.3, -0.25) is 0 Å². The molecular weight excluding hydrogens is 238 g/mol. The van der Waals surface area contributed by atoms with Gasteiger partial charge in [0.1, 0.15) is 5.76 Å². The predicted octanol–water partition coefficient (Wildman–Crippen LogP) is 3.75. The van der Waals surface area contributed by atoms with Crippen molar-refractivity contribution >= 4 is 5.69 Å². The molecule has 3 heteroatoms. The maximum Gasteiger partial charge on any atom is 0.123 e. The highest BCUT2D eigenvalue weighted by Gasteiger charge is 2.09. The van der Waals surface area contributed by atoms with E-state index in [0.717, 1.165) is 36.5 Å². The maximum atomic E-state index is 9.79. The van der Waals surface area contributed by atoms with Crippen molar-refractivity contribution in [2.45, 2.75) is 32.9 Å². The molecule has 0 aliphatic carbocycles. The number of hydrogen-bond acceptors (Lipinski definition) is 3. The summed E-state index contributed by atoms with van der Waals surface area (Å²) in [6.07, 6.45) is 2.07. The zero-order valence-electron chi connectivity index (χ0n) is 11.5. The van der Waals surface area contributed by atoms with Gasteiger partial charge in [0.25, 0.3) is 0 Å². The number of furan rings is 1. The molecule has 0 saturated carbocycles. The quantitative estimate of drug-likeness (QED) is 0.858. The monoisotopic (exact) mass is 259 g/mol. The molecule has 2 rings (SSSR count). The topological polar surface area (TPSA) is 36.6 Å². The zero-order chi connectivity index (χ0) is 13.7. The fraction of sp³-hybridized carbons (Fsp3) is 0.375. The van der Waals surface area contributed by atoms with Gasteiger partial charge in [0.05, 0.1) is 18.9 Å². The molecule has 1 aromatic heterocycles. The van der Waals surface area contributed by atoms with Crippen molar-refractivity contribution in [3.8, 4) is 0 Å². The third-order valence-corrected chi connectivity index (χ3v) is 3.34. The lowest BCUT2D eigenvalue weighted by molar-refractivity contribution is 0.173. The molecule has 3 nitrogen and oxygen atoms in total. The summed E-state index contributed by atoms with van der Waals surface area (Å²) >= 11 is 0. The molecule has 0 spiro atoms. The fourth-order valence-corrected chi connectivity index (χ4v) is 2.12. The summed E-state index contributed by atoms with van der Waals surface area (Å²) < 4.78 is 5.38. The van der Waals surface area contributed by atoms with E-state index < -0.39 is 0 Å². The van der Waals surface area contributed by atoms with E-state index in [1.54, 1.807) is 6.26 Å². The van der Waals surface area contributed by atoms with Gasteiger partial charge < -0.3 is 14.4 Å². The van der Waals surface area contributed by atoms with Gasteiger partial charge in [-0.15, -0.1) is 0 Å². The van der Waals surface area contributed by atoms with Crippen molar-refractivity contribution in [2.24, 2.45) is 0 Å². The Kier molecular flexibility index (Phi) is 4.63. The van der Waals surface area contributed by atoms with Crippen LogP contribution in [-0.4, -0.2) is 11.7 Å². The van der Waals surface area contributed by atoms with Crippen LogP contribution in [0.1, 0.15) is 37.7 Å². The predicted molar refractivity (Wildman–Crippen MR) is 77.1 cm³/mol. The summed E-state index contributed by atoms with van der Waals surface area (Å²) in [5, 5.41) is 9.79. The lowest BCUT2D eigenvalue weighted by atomic mass is 10.1. The molecule has 0 aliphatic rings. The first-order valence-electron chi connectivity index (χ1n) is 6.80. The molecule has 0 amide bonds. The van der Waals surface area contributed by atoms with Gasteiger partial charge in [-0.2, -0.15) is 0 Å². The van der Waals surface area contributed by atoms with Crippen LogP contribution in [0.4, 0.5) is 5.69 Å². The molecule has 0 aliphatic heterocycles. The SMILES string of the molecule is CC[C@@H](O)c1ccc(N(CC)Cc2ccco2)cc1. The molecular formula is C16H21NO2. The molecule has 1 atom stereocenters. The molecule has 0 bridgehead atoms. The third kappa shape index (κ3) is 3.38. The molecule has 19 heavy (non-hydrogen) atoms. The summed E-state index contributed by atoms with van der Waals surface area (Å²) in [4.78, 5) is 2.24. The minimum Gasteiger partial charge on any atom is -0.467 e. The van der Waals surface area contributed by atoms with E-state index in [2.05, 4.69) is 24.0 Å². The molecule has 0 unspecified atom stereocenters. The van der Waals surface area contributed by atoms with E-state index in [0.29, 0.717) is 0 Å². The van der Waals surface area contributed by atoms with Crippen LogP contribution in [0.5, 0.6) is 0 Å². The molecule has 2 aromatic rings. The standard InChI is InChI=1S/C16H21NO2/c1-3-16(18)13-7-9-14(10-8-13)17(4-2)12-15-6-5-11-19-15/h5-11,16,18H,3-4,12H2,1-2H3/t16-/m1/s1. The third-order valence-electron chi connectivity index (χ3n) is 3.34. The van der Waals surface area contributed by atoms with Gasteiger partial charge in [-0.1, -0.05) is 19.1 Å². The molecule has 1 aromatic carbocycles. The minimum absolute atomic E-state index is 0.366. The van der Waals surface area contributed by atoms with Gasteiger partial charge in [0.15, 0.2) is 0 Å². The first-order chi connectivity index (χ1) is 9.24. The first kappa shape index (κ1) is 13.7. The van der Waals surface area contributed by atoms with Crippen molar-refractivity contribution in [1.29, 1.82) is 0 Å². The van der Waals surface area contributed by atoms with E-state index in [4.69, 9.17) is 4.42 Å². The van der Waals surface area contributed by atoms with Crippen LogP contribution in [0.3, 0.4) is 0 Å². The minimum atomic E-state index is -0.366. The lowest BCUT2D eigenvalue weighted by Crippen LogP contribution is -2.21. The smallest absolute Gasteiger partial charge is 0.123 e. The zero-order valence-corrected chi connectivity index (χ0v) is 11.5. The highest BCUT2D eigenvalue weighted by atomic mass is 16.3. The number of benzene rings is 1. The first-order valence-corrected chi connectivity index (χ1v) is 6.80. The van der Waals surface area contributed by atoms with Crippen molar-refractivity contribution in [3.05, 3.63) is 54.0 Å². The highest BCUT2D eigenvalue weighted by molar-refractivity contribution is 5.48. The van der Waals surface area contributed by atoms with E-state index >= 15 is 0 Å². The second-order valence-corrected chi connectivity index (χ2v) is 4.61. The Morgan fingerprint density at radius 1 is 1.16 bits per heavy atom. The molecule has 0 saturated heterocycles. The number of aliphatic hydroxyl groups is 1. The van der Waals surface area contributed by atoms with E-state index in [1.165, 1.54) is 0 Å². The number of anilines is 1. The molecule has 0 fully saturated rings. The van der Waals surface area contributed by atoms with Crippen molar-refractivity contribution in [2.75, 3.05) is 11.4 Å². The summed E-state index contributed by atoms with van der Waals surface area (Å²) in [7, 11) is 0. The Morgan fingerprint density at radius 3 is 2.42 bits per heavy atom. The summed E-state index contributed by atoms with van der Waals surface area (Å²) in [5.74, 6) is 0.958. The van der Waals surface area contributed by atoms with Gasteiger partial charge in [-0.25, -0.2) is 0 Å². The number of aliphatic hydroxyl groups excluding tert-OH is 1. The van der Waals surface area contributed by atoms with Gasteiger partial charge in [-0.05, 0) is 43.2 Å². The van der Waals surface area contributed by atoms with Crippen LogP contribution in [0.2, 0.25) is 0 Å². The van der Waals surface area contributed by atoms with Gasteiger partial charge >= 0.3 is 0 Å². The Hall–Kier alpha value is -1.74. The summed E-state index contributed by atoms with van der Waals surface area (Å²) in [5.41, 5.74) is 2.12. The van der Waals surface area contributed by atoms with Crippen molar-refractivity contribution in [3.63, 3.8) is 0 Å². The largest absolute Gasteiger partial charge is 0.467 e. The summed E-state index contributed by atoms with van der Waals surface area (Å²) in [6.45, 7) is 5.78. The number of hydrogen-bond donors (Lipinski definition) is 1. The Labute approximate surface area is 114 Å². The average molecular weight is 259 g/mol. The maximum absolute atomic E-state index is 9.79. The van der Waals surface area contributed by atoms with E-state index in [1.807, 2.05) is 31.2 Å². The number of rotatable bonds is 6. The molecule has 1 heterocycles. The Balaban J connectivity index is 2.10. The van der Waals surface area contributed by atoms with Crippen LogP contribution < -0.4 is 4.90 Å². The van der Waals surface area contributed by atoms with Gasteiger partial charge in [0, 0.05) is 12.2 Å². The second-order valence-electron chi connectivity index (χ2n) is 4.61. The van der Waals surface area contributed by atoms with Crippen molar-refractivity contribution < 1.29 is 9.52 Å². The number of nitrogens with zero attached hydrogens (tertiary/aromatic N) is 1. The lowest BCUT2D eigenvalue weighted by Gasteiger charge is -2.22. The summed E-state index contributed by atoms with van der Waals surface area (Å²) in [6, 6.07) is 12.0. The highest BCUT2D eigenvalue weighted by Crippen LogP contribution is 2.22. The van der Waals surface area contributed by atoms with Crippen LogP contribution in [0.15, 0.2) is 47.1 Å². The molecule has 102 valence electrons. The normalized spacial score (nSPS) is 12.4. The van der Waals surface area contributed by atoms with Crippen LogP contribution in [-0.2, 0) is 6.54 Å². The van der Waals surface area contributed by atoms with Gasteiger partial charge in [0.2, 0.25) is 0 Å².